The van der Waals surface area contributed by atoms with Crippen molar-refractivity contribution in [2.45, 2.75) is 51.5 Å². The van der Waals surface area contributed by atoms with Crippen LogP contribution < -0.4 is 5.32 Å². The molecule has 1 unspecified atom stereocenters. The number of aromatic nitrogens is 2. The standard InChI is InChI=1S/C13H20ClN3/c1-2-11(10-6-4-3-5-7-10)15-13-9-8-12(14)16-17-13/h8-11H,2-7H2,1H3,(H,15,17). The molecular weight excluding hydrogens is 234 g/mol. The third-order valence-corrected chi connectivity index (χ3v) is 3.83. The van der Waals surface area contributed by atoms with Gasteiger partial charge in [-0.25, -0.2) is 0 Å². The second-order valence-electron chi connectivity index (χ2n) is 4.80. The summed E-state index contributed by atoms with van der Waals surface area (Å²) >= 11 is 5.73. The summed E-state index contributed by atoms with van der Waals surface area (Å²) in [6.07, 6.45) is 7.95. The van der Waals surface area contributed by atoms with Gasteiger partial charge in [-0.15, -0.1) is 10.2 Å². The molecule has 0 saturated heterocycles. The van der Waals surface area contributed by atoms with Gasteiger partial charge in [0.1, 0.15) is 5.82 Å². The minimum atomic E-state index is 0.446. The van der Waals surface area contributed by atoms with E-state index in [0.717, 1.165) is 18.2 Å². The fraction of sp³-hybridized carbons (Fsp3) is 0.692. The average Bonchev–Trinajstić information content (AvgIpc) is 2.39. The highest BCUT2D eigenvalue weighted by molar-refractivity contribution is 6.29. The Bertz CT molecular complexity index is 333. The van der Waals surface area contributed by atoms with E-state index in [4.69, 9.17) is 11.6 Å². The van der Waals surface area contributed by atoms with Crippen LogP contribution in [-0.4, -0.2) is 16.2 Å². The maximum Gasteiger partial charge on any atom is 0.151 e. The number of hydrogen-bond donors (Lipinski definition) is 1. The van der Waals surface area contributed by atoms with Gasteiger partial charge in [0.2, 0.25) is 0 Å². The van der Waals surface area contributed by atoms with Gasteiger partial charge in [-0.2, -0.15) is 0 Å². The predicted octanol–water partition coefficient (Wildman–Crippen LogP) is 3.90. The Hall–Kier alpha value is -0.830. The number of nitrogens with zero attached hydrogens (tertiary/aromatic N) is 2. The normalized spacial score (nSPS) is 18.9. The van der Waals surface area contributed by atoms with Crippen molar-refractivity contribution < 1.29 is 0 Å². The molecule has 1 heterocycles. The van der Waals surface area contributed by atoms with Gasteiger partial charge in [-0.05, 0) is 37.3 Å². The van der Waals surface area contributed by atoms with E-state index in [1.807, 2.05) is 6.07 Å². The summed E-state index contributed by atoms with van der Waals surface area (Å²) in [5, 5.41) is 11.9. The minimum absolute atomic E-state index is 0.446. The zero-order chi connectivity index (χ0) is 12.1. The Kier molecular flexibility index (Phi) is 4.60. The molecule has 1 aliphatic carbocycles. The van der Waals surface area contributed by atoms with Gasteiger partial charge in [0.25, 0.3) is 0 Å². The van der Waals surface area contributed by atoms with E-state index in [2.05, 4.69) is 22.4 Å². The van der Waals surface area contributed by atoms with Crippen molar-refractivity contribution in [3.05, 3.63) is 17.3 Å². The van der Waals surface area contributed by atoms with E-state index in [9.17, 15) is 0 Å². The largest absolute Gasteiger partial charge is 0.366 e. The summed E-state index contributed by atoms with van der Waals surface area (Å²) in [6.45, 7) is 2.23. The fourth-order valence-corrected chi connectivity index (χ4v) is 2.77. The van der Waals surface area contributed by atoms with Crippen molar-refractivity contribution in [1.29, 1.82) is 0 Å². The first-order valence-corrected chi connectivity index (χ1v) is 6.93. The highest BCUT2D eigenvalue weighted by atomic mass is 35.5. The minimum Gasteiger partial charge on any atom is -0.366 e. The molecule has 0 aromatic carbocycles. The second-order valence-corrected chi connectivity index (χ2v) is 5.19. The Labute approximate surface area is 108 Å². The van der Waals surface area contributed by atoms with Crippen LogP contribution >= 0.6 is 11.6 Å². The lowest BCUT2D eigenvalue weighted by atomic mass is 9.83. The van der Waals surface area contributed by atoms with Crippen molar-refractivity contribution in [3.8, 4) is 0 Å². The van der Waals surface area contributed by atoms with Crippen LogP contribution in [0.4, 0.5) is 5.82 Å². The summed E-state index contributed by atoms with van der Waals surface area (Å²) < 4.78 is 0. The van der Waals surface area contributed by atoms with Gasteiger partial charge in [0.15, 0.2) is 5.15 Å². The second kappa shape index (κ2) is 6.20. The molecule has 0 radical (unpaired) electrons. The zero-order valence-corrected chi connectivity index (χ0v) is 11.1. The highest BCUT2D eigenvalue weighted by Gasteiger charge is 2.22. The lowest BCUT2D eigenvalue weighted by molar-refractivity contribution is 0.312. The Morgan fingerprint density at radius 3 is 2.65 bits per heavy atom. The highest BCUT2D eigenvalue weighted by Crippen LogP contribution is 2.29. The van der Waals surface area contributed by atoms with Gasteiger partial charge < -0.3 is 5.32 Å². The van der Waals surface area contributed by atoms with E-state index >= 15 is 0 Å². The van der Waals surface area contributed by atoms with Crippen LogP contribution in [0.3, 0.4) is 0 Å². The molecule has 2 rings (SSSR count). The molecule has 1 aliphatic rings. The molecule has 1 atom stereocenters. The van der Waals surface area contributed by atoms with Crippen molar-refractivity contribution in [2.75, 3.05) is 5.32 Å². The van der Waals surface area contributed by atoms with Gasteiger partial charge in [-0.3, -0.25) is 0 Å². The molecule has 3 nitrogen and oxygen atoms in total. The SMILES string of the molecule is CCC(Nc1ccc(Cl)nn1)C1CCCCC1. The van der Waals surface area contributed by atoms with E-state index in [1.165, 1.54) is 32.1 Å². The molecule has 1 aromatic rings. The van der Waals surface area contributed by atoms with Crippen LogP contribution in [0, 0.1) is 5.92 Å². The van der Waals surface area contributed by atoms with Gasteiger partial charge >= 0.3 is 0 Å². The zero-order valence-electron chi connectivity index (χ0n) is 10.3. The summed E-state index contributed by atoms with van der Waals surface area (Å²) in [5.41, 5.74) is 0. The first-order chi connectivity index (χ1) is 8.29. The summed E-state index contributed by atoms with van der Waals surface area (Å²) in [7, 11) is 0. The molecule has 0 bridgehead atoms. The first kappa shape index (κ1) is 12.6. The molecule has 1 aromatic heterocycles. The maximum absolute atomic E-state index is 5.73. The van der Waals surface area contributed by atoms with Crippen molar-refractivity contribution in [1.82, 2.24) is 10.2 Å². The molecule has 0 aliphatic heterocycles. The summed E-state index contributed by atoms with van der Waals surface area (Å²) in [6, 6.07) is 4.21. The summed E-state index contributed by atoms with van der Waals surface area (Å²) in [5.74, 6) is 1.62. The fourth-order valence-electron chi connectivity index (χ4n) is 2.67. The predicted molar refractivity (Wildman–Crippen MR) is 71.3 cm³/mol. The van der Waals surface area contributed by atoms with Crippen LogP contribution in [0.5, 0.6) is 0 Å². The molecule has 1 fully saturated rings. The van der Waals surface area contributed by atoms with Crippen molar-refractivity contribution in [3.63, 3.8) is 0 Å². The Balaban J connectivity index is 1.96. The lowest BCUT2D eigenvalue weighted by Crippen LogP contribution is -2.30. The van der Waals surface area contributed by atoms with Crippen molar-refractivity contribution >= 4 is 17.4 Å². The lowest BCUT2D eigenvalue weighted by Gasteiger charge is -2.30. The van der Waals surface area contributed by atoms with Crippen LogP contribution in [-0.2, 0) is 0 Å². The molecule has 17 heavy (non-hydrogen) atoms. The quantitative estimate of drug-likeness (QED) is 0.884. The first-order valence-electron chi connectivity index (χ1n) is 6.55. The van der Waals surface area contributed by atoms with Gasteiger partial charge in [-0.1, -0.05) is 37.8 Å². The average molecular weight is 254 g/mol. The Morgan fingerprint density at radius 1 is 1.29 bits per heavy atom. The topological polar surface area (TPSA) is 37.8 Å². The summed E-state index contributed by atoms with van der Waals surface area (Å²) in [4.78, 5) is 0. The van der Waals surface area contributed by atoms with Crippen LogP contribution in [0.25, 0.3) is 0 Å². The number of rotatable bonds is 4. The Morgan fingerprint density at radius 2 is 2.06 bits per heavy atom. The number of nitrogens with one attached hydrogen (secondary N) is 1. The number of anilines is 1. The monoisotopic (exact) mass is 253 g/mol. The van der Waals surface area contributed by atoms with Crippen LogP contribution in [0.2, 0.25) is 5.15 Å². The van der Waals surface area contributed by atoms with Crippen LogP contribution in [0.1, 0.15) is 45.4 Å². The molecular formula is C13H20ClN3. The number of hydrogen-bond acceptors (Lipinski definition) is 3. The smallest absolute Gasteiger partial charge is 0.151 e. The third kappa shape index (κ3) is 3.56. The van der Waals surface area contributed by atoms with E-state index < -0.39 is 0 Å². The van der Waals surface area contributed by atoms with Crippen LogP contribution in [0.15, 0.2) is 12.1 Å². The molecule has 94 valence electrons. The third-order valence-electron chi connectivity index (χ3n) is 3.62. The molecule has 1 N–H and O–H groups in total. The van der Waals surface area contributed by atoms with E-state index in [1.54, 1.807) is 6.07 Å². The van der Waals surface area contributed by atoms with Crippen molar-refractivity contribution in [2.24, 2.45) is 5.92 Å². The molecule has 0 spiro atoms. The maximum atomic E-state index is 5.73. The van der Waals surface area contributed by atoms with Gasteiger partial charge in [0, 0.05) is 6.04 Å². The van der Waals surface area contributed by atoms with Gasteiger partial charge in [0.05, 0.1) is 0 Å². The van der Waals surface area contributed by atoms with E-state index in [-0.39, 0.29) is 0 Å². The molecule has 1 saturated carbocycles. The molecule has 0 amide bonds. The molecule has 4 heteroatoms. The van der Waals surface area contributed by atoms with E-state index in [0.29, 0.717) is 11.2 Å². The number of halogens is 1.